The van der Waals surface area contributed by atoms with E-state index in [9.17, 15) is 4.79 Å². The van der Waals surface area contributed by atoms with Gasteiger partial charge in [-0.25, -0.2) is 9.78 Å². The summed E-state index contributed by atoms with van der Waals surface area (Å²) < 4.78 is 10.4. The topological polar surface area (TPSA) is 61.3 Å². The van der Waals surface area contributed by atoms with Crippen molar-refractivity contribution in [2.45, 2.75) is 38.7 Å². The van der Waals surface area contributed by atoms with Crippen LogP contribution in [0.3, 0.4) is 0 Å². The molecule has 0 saturated heterocycles. The van der Waals surface area contributed by atoms with Crippen molar-refractivity contribution in [3.63, 3.8) is 0 Å². The lowest BCUT2D eigenvalue weighted by molar-refractivity contribution is 0.0590. The molecule has 5 nitrogen and oxygen atoms in total. The van der Waals surface area contributed by atoms with Gasteiger partial charge in [0.15, 0.2) is 5.69 Å². The van der Waals surface area contributed by atoms with E-state index in [1.165, 1.54) is 32.3 Å². The molecule has 1 fully saturated rings. The molecule has 1 saturated carbocycles. The summed E-state index contributed by atoms with van der Waals surface area (Å²) in [7, 11) is 1.32. The summed E-state index contributed by atoms with van der Waals surface area (Å²) in [6.45, 7) is 2.26. The standard InChI is InChI=1S/C13H18N2O3/c1-9-3-5-10(6-4-9)18-12-8-14-7-11(15-12)13(16)17-2/h7-10H,3-6H2,1-2H3. The fourth-order valence-electron chi connectivity index (χ4n) is 2.13. The Balaban J connectivity index is 1.99. The van der Waals surface area contributed by atoms with Crippen molar-refractivity contribution in [3.05, 3.63) is 18.1 Å². The zero-order chi connectivity index (χ0) is 13.0. The van der Waals surface area contributed by atoms with Gasteiger partial charge in [0.05, 0.1) is 19.5 Å². The van der Waals surface area contributed by atoms with E-state index in [1.807, 2.05) is 0 Å². The van der Waals surface area contributed by atoms with E-state index in [0.717, 1.165) is 18.8 Å². The lowest BCUT2D eigenvalue weighted by atomic mass is 9.89. The third-order valence-corrected chi connectivity index (χ3v) is 3.26. The molecular formula is C13H18N2O3. The Labute approximate surface area is 107 Å². The van der Waals surface area contributed by atoms with Crippen LogP contribution in [0.15, 0.2) is 12.4 Å². The van der Waals surface area contributed by atoms with Crippen molar-refractivity contribution in [2.24, 2.45) is 5.92 Å². The number of hydrogen-bond donors (Lipinski definition) is 0. The Morgan fingerprint density at radius 1 is 1.28 bits per heavy atom. The molecule has 0 spiro atoms. The molecule has 5 heteroatoms. The van der Waals surface area contributed by atoms with E-state index in [0.29, 0.717) is 5.88 Å². The predicted molar refractivity (Wildman–Crippen MR) is 65.4 cm³/mol. The number of nitrogens with zero attached hydrogens (tertiary/aromatic N) is 2. The number of ether oxygens (including phenoxy) is 2. The number of carbonyl (C=O) groups excluding carboxylic acids is 1. The van der Waals surface area contributed by atoms with Gasteiger partial charge in [0.1, 0.15) is 6.10 Å². The average Bonchev–Trinajstić information content (AvgIpc) is 2.41. The molecule has 0 unspecified atom stereocenters. The second kappa shape index (κ2) is 5.80. The van der Waals surface area contributed by atoms with Gasteiger partial charge in [-0.15, -0.1) is 0 Å². The largest absolute Gasteiger partial charge is 0.473 e. The number of methoxy groups -OCH3 is 1. The molecule has 2 rings (SSSR count). The van der Waals surface area contributed by atoms with Gasteiger partial charge in [0.25, 0.3) is 0 Å². The Bertz CT molecular complexity index is 414. The van der Waals surface area contributed by atoms with Gasteiger partial charge < -0.3 is 9.47 Å². The lowest BCUT2D eigenvalue weighted by Crippen LogP contribution is -2.23. The van der Waals surface area contributed by atoms with Crippen molar-refractivity contribution < 1.29 is 14.3 Å². The first-order valence-corrected chi connectivity index (χ1v) is 6.26. The molecule has 0 aliphatic heterocycles. The summed E-state index contributed by atoms with van der Waals surface area (Å²) in [6, 6.07) is 0. The van der Waals surface area contributed by atoms with Crippen molar-refractivity contribution in [1.29, 1.82) is 0 Å². The Morgan fingerprint density at radius 3 is 2.67 bits per heavy atom. The highest BCUT2D eigenvalue weighted by Gasteiger charge is 2.20. The maximum atomic E-state index is 11.3. The van der Waals surface area contributed by atoms with E-state index in [1.54, 1.807) is 0 Å². The number of hydrogen-bond acceptors (Lipinski definition) is 5. The van der Waals surface area contributed by atoms with Crippen molar-refractivity contribution in [1.82, 2.24) is 9.97 Å². The minimum absolute atomic E-state index is 0.180. The zero-order valence-electron chi connectivity index (χ0n) is 10.8. The van der Waals surface area contributed by atoms with Gasteiger partial charge >= 0.3 is 5.97 Å². The Morgan fingerprint density at radius 2 is 2.00 bits per heavy atom. The maximum Gasteiger partial charge on any atom is 0.358 e. The fourth-order valence-corrected chi connectivity index (χ4v) is 2.13. The third-order valence-electron chi connectivity index (χ3n) is 3.26. The highest BCUT2D eigenvalue weighted by atomic mass is 16.5. The van der Waals surface area contributed by atoms with E-state index >= 15 is 0 Å². The van der Waals surface area contributed by atoms with Crippen LogP contribution in [-0.4, -0.2) is 29.2 Å². The summed E-state index contributed by atoms with van der Waals surface area (Å²) in [5.41, 5.74) is 0.180. The Kier molecular flexibility index (Phi) is 4.12. The monoisotopic (exact) mass is 250 g/mol. The number of esters is 1. The van der Waals surface area contributed by atoms with Crippen LogP contribution in [0.1, 0.15) is 43.1 Å². The maximum absolute atomic E-state index is 11.3. The molecule has 0 bridgehead atoms. The molecule has 1 heterocycles. The normalized spacial score (nSPS) is 23.4. The van der Waals surface area contributed by atoms with Crippen molar-refractivity contribution >= 4 is 5.97 Å². The van der Waals surface area contributed by atoms with Gasteiger partial charge in [-0.3, -0.25) is 4.98 Å². The smallest absolute Gasteiger partial charge is 0.358 e. The van der Waals surface area contributed by atoms with Crippen LogP contribution < -0.4 is 4.74 Å². The van der Waals surface area contributed by atoms with Gasteiger partial charge in [0, 0.05) is 0 Å². The van der Waals surface area contributed by atoms with Crippen LogP contribution in [0.25, 0.3) is 0 Å². The molecule has 0 amide bonds. The quantitative estimate of drug-likeness (QED) is 0.770. The molecule has 18 heavy (non-hydrogen) atoms. The van der Waals surface area contributed by atoms with E-state index in [-0.39, 0.29) is 11.8 Å². The van der Waals surface area contributed by atoms with Gasteiger partial charge in [0.2, 0.25) is 5.88 Å². The van der Waals surface area contributed by atoms with Crippen LogP contribution >= 0.6 is 0 Å². The molecule has 1 aromatic heterocycles. The zero-order valence-corrected chi connectivity index (χ0v) is 10.8. The van der Waals surface area contributed by atoms with Crippen LogP contribution in [0.2, 0.25) is 0 Å². The van der Waals surface area contributed by atoms with Gasteiger partial charge in [-0.05, 0) is 31.6 Å². The number of carbonyl (C=O) groups is 1. The number of rotatable bonds is 3. The SMILES string of the molecule is COC(=O)c1cncc(OC2CCC(C)CC2)n1. The first kappa shape index (κ1) is 12.8. The molecule has 0 radical (unpaired) electrons. The van der Waals surface area contributed by atoms with Crippen LogP contribution in [-0.2, 0) is 4.74 Å². The first-order valence-electron chi connectivity index (χ1n) is 6.26. The van der Waals surface area contributed by atoms with E-state index in [2.05, 4.69) is 21.6 Å². The molecule has 0 aromatic carbocycles. The summed E-state index contributed by atoms with van der Waals surface area (Å²) in [5.74, 6) is 0.681. The Hall–Kier alpha value is -1.65. The second-order valence-electron chi connectivity index (χ2n) is 4.73. The lowest BCUT2D eigenvalue weighted by Gasteiger charge is -2.26. The molecule has 0 N–H and O–H groups in total. The molecule has 1 aliphatic carbocycles. The van der Waals surface area contributed by atoms with Crippen molar-refractivity contribution in [3.8, 4) is 5.88 Å². The molecular weight excluding hydrogens is 232 g/mol. The van der Waals surface area contributed by atoms with Crippen LogP contribution in [0.5, 0.6) is 5.88 Å². The molecule has 0 atom stereocenters. The first-order chi connectivity index (χ1) is 8.69. The van der Waals surface area contributed by atoms with Gasteiger partial charge in [-0.1, -0.05) is 6.92 Å². The summed E-state index contributed by atoms with van der Waals surface area (Å²) in [5, 5.41) is 0. The molecule has 1 aromatic rings. The minimum Gasteiger partial charge on any atom is -0.473 e. The predicted octanol–water partition coefficient (Wildman–Crippen LogP) is 2.22. The van der Waals surface area contributed by atoms with Crippen molar-refractivity contribution in [2.75, 3.05) is 7.11 Å². The summed E-state index contributed by atoms with van der Waals surface area (Å²) >= 11 is 0. The minimum atomic E-state index is -0.495. The van der Waals surface area contributed by atoms with Gasteiger partial charge in [-0.2, -0.15) is 0 Å². The molecule has 98 valence electrons. The molecule has 1 aliphatic rings. The van der Waals surface area contributed by atoms with Crippen LogP contribution in [0.4, 0.5) is 0 Å². The fraction of sp³-hybridized carbons (Fsp3) is 0.615. The van der Waals surface area contributed by atoms with Crippen LogP contribution in [0, 0.1) is 5.92 Å². The summed E-state index contributed by atoms with van der Waals surface area (Å²) in [4.78, 5) is 19.4. The highest BCUT2D eigenvalue weighted by molar-refractivity contribution is 5.86. The second-order valence-corrected chi connectivity index (χ2v) is 4.73. The van der Waals surface area contributed by atoms with E-state index < -0.39 is 5.97 Å². The third kappa shape index (κ3) is 3.18. The van der Waals surface area contributed by atoms with E-state index in [4.69, 9.17) is 4.74 Å². The number of aromatic nitrogens is 2. The summed E-state index contributed by atoms with van der Waals surface area (Å²) in [6.07, 6.45) is 7.51. The average molecular weight is 250 g/mol. The highest BCUT2D eigenvalue weighted by Crippen LogP contribution is 2.26.